The Labute approximate surface area is 170 Å². The molecule has 0 spiro atoms. The van der Waals surface area contributed by atoms with Crippen molar-refractivity contribution in [2.75, 3.05) is 19.0 Å². The van der Waals surface area contributed by atoms with Crippen molar-refractivity contribution in [3.05, 3.63) is 59.0 Å². The molecule has 2 N–H and O–H groups in total. The largest absolute Gasteiger partial charge is 0.505 e. The summed E-state index contributed by atoms with van der Waals surface area (Å²) in [4.78, 5) is 20.8. The molecule has 3 aromatic rings. The van der Waals surface area contributed by atoms with Crippen LogP contribution in [-0.4, -0.2) is 34.7 Å². The van der Waals surface area contributed by atoms with Gasteiger partial charge in [0.25, 0.3) is 0 Å². The van der Waals surface area contributed by atoms with Crippen LogP contribution in [0.2, 0.25) is 0 Å². The third-order valence-electron chi connectivity index (χ3n) is 5.39. The fourth-order valence-corrected chi connectivity index (χ4v) is 3.94. The van der Waals surface area contributed by atoms with Crippen LogP contribution >= 0.6 is 0 Å². The number of aromatic nitrogens is 2. The van der Waals surface area contributed by atoms with Crippen molar-refractivity contribution in [1.29, 1.82) is 0 Å². The van der Waals surface area contributed by atoms with Crippen LogP contribution in [0.15, 0.2) is 36.4 Å². The molecule has 1 aliphatic carbocycles. The van der Waals surface area contributed by atoms with Gasteiger partial charge in [0.2, 0.25) is 0 Å². The van der Waals surface area contributed by atoms with Crippen molar-refractivity contribution in [2.45, 2.75) is 38.5 Å². The third-order valence-corrected chi connectivity index (χ3v) is 5.39. The van der Waals surface area contributed by atoms with Gasteiger partial charge in [0, 0.05) is 29.0 Å². The number of benzene rings is 1. The van der Waals surface area contributed by atoms with Crippen LogP contribution in [0.4, 0.5) is 5.69 Å². The molecule has 6 heteroatoms. The van der Waals surface area contributed by atoms with E-state index in [1.54, 1.807) is 6.07 Å². The number of hydrogen-bond donors (Lipinski definition) is 2. The van der Waals surface area contributed by atoms with E-state index in [1.807, 2.05) is 6.07 Å². The van der Waals surface area contributed by atoms with Crippen LogP contribution in [0.25, 0.3) is 10.9 Å². The van der Waals surface area contributed by atoms with Gasteiger partial charge in [-0.15, -0.1) is 0 Å². The number of pyridine rings is 2. The van der Waals surface area contributed by atoms with Crippen molar-refractivity contribution < 1.29 is 14.6 Å². The first-order valence-electron chi connectivity index (χ1n) is 10.1. The number of carbonyl (C=O) groups excluding carboxylic acids is 1. The van der Waals surface area contributed by atoms with Gasteiger partial charge in [-0.3, -0.25) is 4.98 Å². The molecule has 2 heterocycles. The second-order valence-corrected chi connectivity index (χ2v) is 7.33. The monoisotopic (exact) mass is 391 g/mol. The van der Waals surface area contributed by atoms with E-state index >= 15 is 0 Å². The summed E-state index contributed by atoms with van der Waals surface area (Å²) >= 11 is 0. The molecule has 0 radical (unpaired) electrons. The van der Waals surface area contributed by atoms with Gasteiger partial charge in [-0.05, 0) is 62.3 Å². The number of carbonyl (C=O) groups is 1. The van der Waals surface area contributed by atoms with Gasteiger partial charge in [0.15, 0.2) is 5.69 Å². The average Bonchev–Trinajstić information content (AvgIpc) is 2.76. The number of para-hydroxylation sites is 1. The molecule has 0 aliphatic heterocycles. The van der Waals surface area contributed by atoms with E-state index in [1.165, 1.54) is 48.3 Å². The van der Waals surface area contributed by atoms with Crippen molar-refractivity contribution in [2.24, 2.45) is 0 Å². The maximum atomic E-state index is 11.7. The Morgan fingerprint density at radius 1 is 1.14 bits per heavy atom. The van der Waals surface area contributed by atoms with Crippen LogP contribution in [0.1, 0.15) is 46.7 Å². The van der Waals surface area contributed by atoms with Crippen LogP contribution in [-0.2, 0) is 24.0 Å². The topological polar surface area (TPSA) is 84.3 Å². The molecule has 150 valence electrons. The Morgan fingerprint density at radius 2 is 1.97 bits per heavy atom. The quantitative estimate of drug-likeness (QED) is 0.487. The number of aryl methyl sites for hydroxylation is 2. The standard InChI is InChI=1S/C23H25N3O3/c1-29-23(28)22-20(27)13-12-15(25-22)7-6-14-24-21-16-8-2-4-10-18(16)26-19-11-5-3-9-17(19)21/h2,4,8,10,12-13,27H,3,5-7,9,11,14H2,1H3,(H,24,26). The molecule has 4 rings (SSSR count). The molecule has 0 atom stereocenters. The zero-order chi connectivity index (χ0) is 20.2. The predicted octanol–water partition coefficient (Wildman–Crippen LogP) is 4.05. The van der Waals surface area contributed by atoms with Crippen molar-refractivity contribution in [3.8, 4) is 5.75 Å². The van der Waals surface area contributed by atoms with Crippen molar-refractivity contribution in [1.82, 2.24) is 9.97 Å². The Hall–Kier alpha value is -3.15. The summed E-state index contributed by atoms with van der Waals surface area (Å²) in [5, 5.41) is 14.6. The molecule has 2 aromatic heterocycles. The Balaban J connectivity index is 1.48. The first-order valence-corrected chi connectivity index (χ1v) is 10.1. The highest BCUT2D eigenvalue weighted by atomic mass is 16.5. The van der Waals surface area contributed by atoms with E-state index in [0.29, 0.717) is 6.42 Å². The number of fused-ring (bicyclic) bond motifs is 2. The molecule has 0 unspecified atom stereocenters. The van der Waals surface area contributed by atoms with E-state index in [4.69, 9.17) is 4.98 Å². The number of nitrogens with zero attached hydrogens (tertiary/aromatic N) is 2. The SMILES string of the molecule is COC(=O)c1nc(CCCNc2c3c(nc4ccccc24)CCCC3)ccc1O. The van der Waals surface area contributed by atoms with Crippen LogP contribution in [0, 0.1) is 0 Å². The zero-order valence-electron chi connectivity index (χ0n) is 16.6. The fraction of sp³-hybridized carbons (Fsp3) is 0.348. The van der Waals surface area contributed by atoms with Crippen molar-refractivity contribution in [3.63, 3.8) is 0 Å². The molecule has 6 nitrogen and oxygen atoms in total. The molecular weight excluding hydrogens is 366 g/mol. The number of hydrogen-bond acceptors (Lipinski definition) is 6. The van der Waals surface area contributed by atoms with E-state index in [9.17, 15) is 9.90 Å². The lowest BCUT2D eigenvalue weighted by atomic mass is 9.92. The van der Waals surface area contributed by atoms with E-state index in [0.717, 1.165) is 37.0 Å². The van der Waals surface area contributed by atoms with Gasteiger partial charge in [0.05, 0.1) is 12.6 Å². The van der Waals surface area contributed by atoms with Gasteiger partial charge < -0.3 is 15.2 Å². The Bertz CT molecular complexity index is 1050. The molecule has 0 amide bonds. The minimum atomic E-state index is -0.627. The Morgan fingerprint density at radius 3 is 2.83 bits per heavy atom. The van der Waals surface area contributed by atoms with Crippen molar-refractivity contribution >= 4 is 22.6 Å². The maximum Gasteiger partial charge on any atom is 0.360 e. The van der Waals surface area contributed by atoms with Crippen LogP contribution in [0.5, 0.6) is 5.75 Å². The summed E-state index contributed by atoms with van der Waals surface area (Å²) < 4.78 is 4.67. The number of anilines is 1. The van der Waals surface area contributed by atoms with Crippen LogP contribution < -0.4 is 5.32 Å². The third kappa shape index (κ3) is 4.01. The predicted molar refractivity (Wildman–Crippen MR) is 112 cm³/mol. The second-order valence-electron chi connectivity index (χ2n) is 7.33. The molecule has 0 saturated heterocycles. The second kappa shape index (κ2) is 8.47. The van der Waals surface area contributed by atoms with Gasteiger partial charge in [-0.25, -0.2) is 9.78 Å². The number of esters is 1. The van der Waals surface area contributed by atoms with E-state index in [2.05, 4.69) is 33.2 Å². The van der Waals surface area contributed by atoms with Gasteiger partial charge in [-0.1, -0.05) is 18.2 Å². The minimum absolute atomic E-state index is 0.0350. The highest BCUT2D eigenvalue weighted by Gasteiger charge is 2.18. The van der Waals surface area contributed by atoms with Gasteiger partial charge >= 0.3 is 5.97 Å². The molecular formula is C23H25N3O3. The summed E-state index contributed by atoms with van der Waals surface area (Å²) in [5.74, 6) is -0.786. The average molecular weight is 391 g/mol. The number of aromatic hydroxyl groups is 1. The Kier molecular flexibility index (Phi) is 5.60. The first-order chi connectivity index (χ1) is 14.2. The first kappa shape index (κ1) is 19.2. The lowest BCUT2D eigenvalue weighted by Gasteiger charge is -2.21. The van der Waals surface area contributed by atoms with E-state index < -0.39 is 5.97 Å². The summed E-state index contributed by atoms with van der Waals surface area (Å²) in [6.45, 7) is 0.788. The van der Waals surface area contributed by atoms with E-state index in [-0.39, 0.29) is 11.4 Å². The summed E-state index contributed by atoms with van der Waals surface area (Å²) in [6.07, 6.45) is 6.06. The molecule has 0 fully saturated rings. The molecule has 0 bridgehead atoms. The molecule has 1 aliphatic rings. The smallest absolute Gasteiger partial charge is 0.360 e. The maximum absolute atomic E-state index is 11.7. The summed E-state index contributed by atoms with van der Waals surface area (Å²) in [5.41, 5.74) is 5.54. The van der Waals surface area contributed by atoms with Crippen LogP contribution in [0.3, 0.4) is 0 Å². The number of rotatable bonds is 6. The normalized spacial score (nSPS) is 13.1. The lowest BCUT2D eigenvalue weighted by Crippen LogP contribution is -2.13. The number of ether oxygens (including phenoxy) is 1. The number of nitrogens with one attached hydrogen (secondary N) is 1. The molecule has 1 aromatic carbocycles. The zero-order valence-corrected chi connectivity index (χ0v) is 16.6. The summed E-state index contributed by atoms with van der Waals surface area (Å²) in [7, 11) is 1.28. The summed E-state index contributed by atoms with van der Waals surface area (Å²) in [6, 6.07) is 11.5. The highest BCUT2D eigenvalue weighted by Crippen LogP contribution is 2.33. The highest BCUT2D eigenvalue weighted by molar-refractivity contribution is 5.93. The number of methoxy groups -OCH3 is 1. The lowest BCUT2D eigenvalue weighted by molar-refractivity contribution is 0.0590. The minimum Gasteiger partial charge on any atom is -0.505 e. The molecule has 29 heavy (non-hydrogen) atoms. The fourth-order valence-electron chi connectivity index (χ4n) is 3.94. The van der Waals surface area contributed by atoms with Gasteiger partial charge in [0.1, 0.15) is 5.75 Å². The molecule has 0 saturated carbocycles. The van der Waals surface area contributed by atoms with Gasteiger partial charge in [-0.2, -0.15) is 0 Å².